The molecule has 1 aliphatic heterocycles. The number of halogens is 1. The predicted octanol–water partition coefficient (Wildman–Crippen LogP) is 6.16. The molecule has 3 aromatic rings. The zero-order valence-electron chi connectivity index (χ0n) is 20.7. The zero-order valence-corrected chi connectivity index (χ0v) is 21.5. The van der Waals surface area contributed by atoms with Crippen molar-refractivity contribution in [3.8, 4) is 17.3 Å². The molecule has 2 aromatic carbocycles. The van der Waals surface area contributed by atoms with Crippen molar-refractivity contribution in [2.24, 2.45) is 0 Å². The van der Waals surface area contributed by atoms with Crippen LogP contribution in [0.4, 0.5) is 0 Å². The molecule has 1 saturated heterocycles. The van der Waals surface area contributed by atoms with Gasteiger partial charge in [-0.2, -0.15) is 5.10 Å². The van der Waals surface area contributed by atoms with E-state index >= 15 is 0 Å². The molecule has 1 fully saturated rings. The minimum atomic E-state index is -0.381. The number of para-hydroxylation sites is 2. The Hall–Kier alpha value is -2.38. The molecule has 4 rings (SSSR count). The van der Waals surface area contributed by atoms with Crippen molar-refractivity contribution >= 4 is 11.6 Å². The van der Waals surface area contributed by atoms with E-state index in [1.807, 2.05) is 66.2 Å². The van der Waals surface area contributed by atoms with Crippen LogP contribution in [0.25, 0.3) is 5.69 Å². The Bertz CT molecular complexity index is 1070. The molecule has 2 heterocycles. The average molecular weight is 498 g/mol. The lowest BCUT2D eigenvalue weighted by Gasteiger charge is -2.27. The van der Waals surface area contributed by atoms with Crippen molar-refractivity contribution in [2.75, 3.05) is 19.7 Å². The molecule has 35 heavy (non-hydrogen) atoms. The molecular formula is C28H36ClN3O3. The molecule has 0 amide bonds. The van der Waals surface area contributed by atoms with Crippen molar-refractivity contribution in [1.82, 2.24) is 14.7 Å². The Labute approximate surface area is 213 Å². The summed E-state index contributed by atoms with van der Waals surface area (Å²) in [5, 5.41) is 16.1. The summed E-state index contributed by atoms with van der Waals surface area (Å²) < 4.78 is 14.2. The second-order valence-corrected chi connectivity index (χ2v) is 9.68. The largest absolute Gasteiger partial charge is 0.437 e. The van der Waals surface area contributed by atoms with Gasteiger partial charge in [-0.15, -0.1) is 0 Å². The first-order chi connectivity index (χ1) is 17.0. The van der Waals surface area contributed by atoms with Crippen molar-refractivity contribution < 1.29 is 14.6 Å². The van der Waals surface area contributed by atoms with Crippen molar-refractivity contribution in [3.63, 3.8) is 0 Å². The number of aromatic nitrogens is 2. The van der Waals surface area contributed by atoms with Gasteiger partial charge in [-0.25, -0.2) is 4.68 Å². The molecule has 0 unspecified atom stereocenters. The standard InChI is InChI=1S/C28H36ClN3O3/c1-3-4-13-23(33)18-31(19-24-14-10-17-34-24)20-25-21(2)30-32(22-11-6-5-7-12-22)28(25)35-27-16-9-8-15-26(27)29/h5-9,11-12,15-16,23-24,33H,3-4,10,13-14,17-20H2,1-2H3/t23-,24+/m0/s1. The molecule has 0 spiro atoms. The van der Waals surface area contributed by atoms with Gasteiger partial charge in [-0.3, -0.25) is 4.90 Å². The van der Waals surface area contributed by atoms with Crippen LogP contribution in [0.2, 0.25) is 5.02 Å². The first-order valence-corrected chi connectivity index (χ1v) is 13.0. The van der Waals surface area contributed by atoms with E-state index in [0.717, 1.165) is 62.2 Å². The van der Waals surface area contributed by atoms with E-state index in [4.69, 9.17) is 26.2 Å². The normalized spacial score (nSPS) is 16.7. The highest BCUT2D eigenvalue weighted by Gasteiger charge is 2.26. The van der Waals surface area contributed by atoms with Crippen LogP contribution in [-0.2, 0) is 11.3 Å². The molecule has 1 aromatic heterocycles. The van der Waals surface area contributed by atoms with E-state index in [0.29, 0.717) is 29.7 Å². The van der Waals surface area contributed by atoms with Gasteiger partial charge in [0.05, 0.1) is 34.2 Å². The molecule has 7 heteroatoms. The second-order valence-electron chi connectivity index (χ2n) is 9.27. The van der Waals surface area contributed by atoms with Crippen LogP contribution < -0.4 is 4.74 Å². The summed E-state index contributed by atoms with van der Waals surface area (Å²) in [4.78, 5) is 2.29. The Kier molecular flexibility index (Phi) is 9.21. The number of benzene rings is 2. The van der Waals surface area contributed by atoms with Crippen LogP contribution in [0.1, 0.15) is 50.3 Å². The number of ether oxygens (including phenoxy) is 2. The van der Waals surface area contributed by atoms with Gasteiger partial charge < -0.3 is 14.6 Å². The number of unbranched alkanes of at least 4 members (excludes halogenated alkanes) is 1. The number of aliphatic hydroxyl groups is 1. The van der Waals surface area contributed by atoms with E-state index in [-0.39, 0.29) is 12.2 Å². The third kappa shape index (κ3) is 6.85. The highest BCUT2D eigenvalue weighted by atomic mass is 35.5. The van der Waals surface area contributed by atoms with Gasteiger partial charge in [0.25, 0.3) is 0 Å². The first kappa shape index (κ1) is 25.7. The van der Waals surface area contributed by atoms with Gasteiger partial charge in [0.15, 0.2) is 0 Å². The Morgan fingerprint density at radius 1 is 1.20 bits per heavy atom. The molecule has 1 N–H and O–H groups in total. The van der Waals surface area contributed by atoms with Gasteiger partial charge in [-0.1, -0.05) is 61.7 Å². The Morgan fingerprint density at radius 3 is 2.69 bits per heavy atom. The van der Waals surface area contributed by atoms with Crippen LogP contribution in [0, 0.1) is 6.92 Å². The maximum atomic E-state index is 10.7. The number of rotatable bonds is 12. The quantitative estimate of drug-likeness (QED) is 0.325. The van der Waals surface area contributed by atoms with E-state index in [1.165, 1.54) is 0 Å². The SMILES string of the molecule is CCCC[C@H](O)CN(Cc1c(C)nn(-c2ccccc2)c1Oc1ccccc1Cl)C[C@H]1CCCO1. The van der Waals surface area contributed by atoms with Gasteiger partial charge in [0.2, 0.25) is 5.88 Å². The summed E-state index contributed by atoms with van der Waals surface area (Å²) in [5.74, 6) is 1.23. The van der Waals surface area contributed by atoms with Gasteiger partial charge in [0.1, 0.15) is 5.75 Å². The summed E-state index contributed by atoms with van der Waals surface area (Å²) in [6, 6.07) is 17.4. The summed E-state index contributed by atoms with van der Waals surface area (Å²) in [7, 11) is 0. The fraction of sp³-hybridized carbons (Fsp3) is 0.464. The number of hydrogen-bond donors (Lipinski definition) is 1. The minimum Gasteiger partial charge on any atom is -0.437 e. The molecular weight excluding hydrogens is 462 g/mol. The molecule has 2 atom stereocenters. The number of aliphatic hydroxyl groups excluding tert-OH is 1. The third-order valence-electron chi connectivity index (χ3n) is 6.41. The van der Waals surface area contributed by atoms with Crippen LogP contribution in [0.15, 0.2) is 54.6 Å². The highest BCUT2D eigenvalue weighted by Crippen LogP contribution is 2.35. The molecule has 0 radical (unpaired) electrons. The molecule has 0 aliphatic carbocycles. The second kappa shape index (κ2) is 12.5. The van der Waals surface area contributed by atoms with E-state index in [2.05, 4.69) is 11.8 Å². The van der Waals surface area contributed by atoms with Gasteiger partial charge in [-0.05, 0) is 50.5 Å². The first-order valence-electron chi connectivity index (χ1n) is 12.6. The molecule has 0 saturated carbocycles. The third-order valence-corrected chi connectivity index (χ3v) is 6.72. The maximum Gasteiger partial charge on any atom is 0.227 e. The maximum absolute atomic E-state index is 10.7. The number of nitrogens with zero attached hydrogens (tertiary/aromatic N) is 3. The smallest absolute Gasteiger partial charge is 0.227 e. The lowest BCUT2D eigenvalue weighted by atomic mass is 10.1. The number of hydrogen-bond acceptors (Lipinski definition) is 5. The Morgan fingerprint density at radius 2 is 1.97 bits per heavy atom. The van der Waals surface area contributed by atoms with Crippen LogP contribution in [0.5, 0.6) is 11.6 Å². The minimum absolute atomic E-state index is 0.186. The highest BCUT2D eigenvalue weighted by molar-refractivity contribution is 6.32. The van der Waals surface area contributed by atoms with Crippen molar-refractivity contribution in [3.05, 3.63) is 70.9 Å². The van der Waals surface area contributed by atoms with Crippen molar-refractivity contribution in [1.29, 1.82) is 0 Å². The molecule has 0 bridgehead atoms. The summed E-state index contributed by atoms with van der Waals surface area (Å²) in [6.45, 7) is 6.92. The summed E-state index contributed by atoms with van der Waals surface area (Å²) in [6.07, 6.45) is 4.82. The fourth-order valence-corrected chi connectivity index (χ4v) is 4.71. The molecule has 1 aliphatic rings. The molecule has 6 nitrogen and oxygen atoms in total. The number of aryl methyl sites for hydroxylation is 1. The summed E-state index contributed by atoms with van der Waals surface area (Å²) in [5.41, 5.74) is 2.78. The van der Waals surface area contributed by atoms with Crippen LogP contribution in [-0.4, -0.2) is 51.7 Å². The van der Waals surface area contributed by atoms with Gasteiger partial charge >= 0.3 is 0 Å². The lowest BCUT2D eigenvalue weighted by Crippen LogP contribution is -2.37. The summed E-state index contributed by atoms with van der Waals surface area (Å²) >= 11 is 6.45. The van der Waals surface area contributed by atoms with Crippen molar-refractivity contribution in [2.45, 2.75) is 64.7 Å². The molecule has 188 valence electrons. The lowest BCUT2D eigenvalue weighted by molar-refractivity contribution is 0.0434. The van der Waals surface area contributed by atoms with E-state index < -0.39 is 0 Å². The predicted molar refractivity (Wildman–Crippen MR) is 140 cm³/mol. The fourth-order valence-electron chi connectivity index (χ4n) is 4.53. The topological polar surface area (TPSA) is 59.8 Å². The van der Waals surface area contributed by atoms with Crippen LogP contribution in [0.3, 0.4) is 0 Å². The van der Waals surface area contributed by atoms with E-state index in [1.54, 1.807) is 0 Å². The van der Waals surface area contributed by atoms with Crippen LogP contribution >= 0.6 is 11.6 Å². The average Bonchev–Trinajstić information content (AvgIpc) is 3.48. The zero-order chi connectivity index (χ0) is 24.6. The van der Waals surface area contributed by atoms with Gasteiger partial charge in [0, 0.05) is 26.2 Å². The monoisotopic (exact) mass is 497 g/mol. The van der Waals surface area contributed by atoms with E-state index in [9.17, 15) is 5.11 Å². The Balaban J connectivity index is 1.67.